The summed E-state index contributed by atoms with van der Waals surface area (Å²) < 4.78 is 12.8. The van der Waals surface area contributed by atoms with E-state index in [1.54, 1.807) is 12.1 Å². The molecule has 0 saturated carbocycles. The predicted octanol–water partition coefficient (Wildman–Crippen LogP) is 10.2. The Balaban J connectivity index is 1.25. The SMILES string of the molecule is N#Cc1ccc2c(c1)oc1c(-c3nc(-c4ccccc4)nc(-c4ccc5c(c4)oc4cccc(-c6ccccc6)c45)n3)cccc12. The Morgan fingerprint density at radius 1 is 0.457 bits per heavy atom. The maximum Gasteiger partial charge on any atom is 0.167 e. The number of benzene rings is 6. The molecule has 6 heteroatoms. The highest BCUT2D eigenvalue weighted by Crippen LogP contribution is 2.39. The smallest absolute Gasteiger partial charge is 0.167 e. The summed E-state index contributed by atoms with van der Waals surface area (Å²) in [5, 5.41) is 13.4. The van der Waals surface area contributed by atoms with E-state index in [1.807, 2.05) is 97.1 Å². The Labute approximate surface area is 262 Å². The summed E-state index contributed by atoms with van der Waals surface area (Å²) in [6, 6.07) is 46.1. The average Bonchev–Trinajstić information content (AvgIpc) is 3.69. The van der Waals surface area contributed by atoms with Crippen molar-refractivity contribution in [2.24, 2.45) is 0 Å². The zero-order chi connectivity index (χ0) is 30.6. The van der Waals surface area contributed by atoms with Crippen LogP contribution in [0.3, 0.4) is 0 Å². The van der Waals surface area contributed by atoms with Gasteiger partial charge in [-0.25, -0.2) is 15.0 Å². The Kier molecular flexibility index (Phi) is 5.77. The van der Waals surface area contributed by atoms with Crippen LogP contribution >= 0.6 is 0 Å². The fourth-order valence-corrected chi connectivity index (χ4v) is 6.21. The molecule has 0 unspecified atom stereocenters. The van der Waals surface area contributed by atoms with Crippen molar-refractivity contribution < 1.29 is 8.83 Å². The number of aromatic nitrogens is 3. The molecule has 0 aliphatic carbocycles. The van der Waals surface area contributed by atoms with Gasteiger partial charge in [0.05, 0.1) is 17.2 Å². The zero-order valence-electron chi connectivity index (χ0n) is 24.3. The molecular weight excluding hydrogens is 568 g/mol. The van der Waals surface area contributed by atoms with Gasteiger partial charge < -0.3 is 8.83 Å². The van der Waals surface area contributed by atoms with Gasteiger partial charge in [0.2, 0.25) is 0 Å². The summed E-state index contributed by atoms with van der Waals surface area (Å²) in [7, 11) is 0. The van der Waals surface area contributed by atoms with Crippen LogP contribution in [0, 0.1) is 11.3 Å². The first-order chi connectivity index (χ1) is 22.7. The van der Waals surface area contributed by atoms with Gasteiger partial charge >= 0.3 is 0 Å². The largest absolute Gasteiger partial charge is 0.456 e. The molecule has 0 amide bonds. The van der Waals surface area contributed by atoms with Gasteiger partial charge in [-0.1, -0.05) is 91.0 Å². The molecule has 0 spiro atoms. The Bertz CT molecular complexity index is 2650. The molecule has 0 fully saturated rings. The van der Waals surface area contributed by atoms with E-state index in [9.17, 15) is 5.26 Å². The molecule has 0 aliphatic rings. The molecule has 3 heterocycles. The van der Waals surface area contributed by atoms with Gasteiger partial charge in [0.25, 0.3) is 0 Å². The number of hydrogen-bond acceptors (Lipinski definition) is 6. The summed E-state index contributed by atoms with van der Waals surface area (Å²) >= 11 is 0. The topological polar surface area (TPSA) is 88.7 Å². The Morgan fingerprint density at radius 3 is 1.93 bits per heavy atom. The molecule has 6 aromatic carbocycles. The van der Waals surface area contributed by atoms with Crippen molar-refractivity contribution >= 4 is 43.9 Å². The van der Waals surface area contributed by atoms with Crippen molar-refractivity contribution in [3.63, 3.8) is 0 Å². The number of furan rings is 2. The molecule has 214 valence electrons. The molecule has 3 aromatic heterocycles. The summed E-state index contributed by atoms with van der Waals surface area (Å²) in [5.74, 6) is 1.57. The zero-order valence-corrected chi connectivity index (χ0v) is 24.3. The molecule has 0 saturated heterocycles. The van der Waals surface area contributed by atoms with Crippen molar-refractivity contribution in [3.8, 4) is 51.4 Å². The van der Waals surface area contributed by atoms with Gasteiger partial charge in [-0.3, -0.25) is 0 Å². The van der Waals surface area contributed by atoms with E-state index in [-0.39, 0.29) is 0 Å². The minimum atomic E-state index is 0.491. The second-order valence-electron chi connectivity index (χ2n) is 11.1. The van der Waals surface area contributed by atoms with Gasteiger partial charge in [-0.2, -0.15) is 5.26 Å². The summed E-state index contributed by atoms with van der Waals surface area (Å²) in [4.78, 5) is 14.9. The number of nitrogens with zero attached hydrogens (tertiary/aromatic N) is 4. The highest BCUT2D eigenvalue weighted by atomic mass is 16.3. The van der Waals surface area contributed by atoms with E-state index in [2.05, 4.69) is 30.3 Å². The highest BCUT2D eigenvalue weighted by Gasteiger charge is 2.19. The standard InChI is InChI=1S/C40H22N4O2/c41-23-24-17-19-29-30-14-7-15-32(37(30)46-34(29)21-24)40-43-38(26-11-5-2-6-12-26)42-39(44-40)27-18-20-31-35(22-27)45-33-16-8-13-28(36(31)33)25-9-3-1-4-10-25/h1-22H. The van der Waals surface area contributed by atoms with Gasteiger partial charge in [-0.15, -0.1) is 0 Å². The molecule has 9 rings (SSSR count). The molecule has 0 atom stereocenters. The van der Waals surface area contributed by atoms with Crippen LogP contribution in [0.15, 0.2) is 142 Å². The molecule has 46 heavy (non-hydrogen) atoms. The van der Waals surface area contributed by atoms with E-state index in [1.165, 1.54) is 0 Å². The van der Waals surface area contributed by atoms with Crippen LogP contribution in [0.1, 0.15) is 5.56 Å². The molecule has 6 nitrogen and oxygen atoms in total. The minimum absolute atomic E-state index is 0.491. The molecule has 0 bridgehead atoms. The summed E-state index contributed by atoms with van der Waals surface area (Å²) in [5.41, 5.74) is 8.11. The van der Waals surface area contributed by atoms with Crippen LogP contribution in [0.25, 0.3) is 89.2 Å². The minimum Gasteiger partial charge on any atom is -0.456 e. The fraction of sp³-hybridized carbons (Fsp3) is 0. The molecule has 0 aliphatic heterocycles. The first-order valence-electron chi connectivity index (χ1n) is 14.9. The fourth-order valence-electron chi connectivity index (χ4n) is 6.21. The normalized spacial score (nSPS) is 11.5. The van der Waals surface area contributed by atoms with E-state index < -0.39 is 0 Å². The van der Waals surface area contributed by atoms with Gasteiger partial charge in [0.1, 0.15) is 22.3 Å². The second kappa shape index (κ2) is 10.3. The maximum absolute atomic E-state index is 9.43. The molecule has 0 N–H and O–H groups in total. The van der Waals surface area contributed by atoms with Crippen molar-refractivity contribution in [2.45, 2.75) is 0 Å². The first kappa shape index (κ1) is 25.9. The third-order valence-electron chi connectivity index (χ3n) is 8.38. The molecule has 0 radical (unpaired) electrons. The lowest BCUT2D eigenvalue weighted by molar-refractivity contribution is 0.668. The van der Waals surface area contributed by atoms with Crippen LogP contribution in [0.4, 0.5) is 0 Å². The van der Waals surface area contributed by atoms with Crippen LogP contribution in [-0.2, 0) is 0 Å². The van der Waals surface area contributed by atoms with Crippen molar-refractivity contribution in [2.75, 3.05) is 0 Å². The first-order valence-corrected chi connectivity index (χ1v) is 14.9. The van der Waals surface area contributed by atoms with Crippen molar-refractivity contribution in [3.05, 3.63) is 139 Å². The lowest BCUT2D eigenvalue weighted by Gasteiger charge is -2.09. The van der Waals surface area contributed by atoms with Gasteiger partial charge in [0.15, 0.2) is 17.5 Å². The summed E-state index contributed by atoms with van der Waals surface area (Å²) in [6.45, 7) is 0. The van der Waals surface area contributed by atoms with Crippen molar-refractivity contribution in [1.29, 1.82) is 5.26 Å². The Morgan fingerprint density at radius 2 is 1.13 bits per heavy atom. The highest BCUT2D eigenvalue weighted by molar-refractivity contribution is 6.13. The quantitative estimate of drug-likeness (QED) is 0.203. The number of hydrogen-bond donors (Lipinski definition) is 0. The second-order valence-corrected chi connectivity index (χ2v) is 11.1. The van der Waals surface area contributed by atoms with Gasteiger partial charge in [0, 0.05) is 32.7 Å². The lowest BCUT2D eigenvalue weighted by atomic mass is 9.99. The van der Waals surface area contributed by atoms with E-state index in [0.29, 0.717) is 34.2 Å². The summed E-state index contributed by atoms with van der Waals surface area (Å²) in [6.07, 6.45) is 0. The molecule has 9 aromatic rings. The van der Waals surface area contributed by atoms with E-state index in [4.69, 9.17) is 23.8 Å². The number of fused-ring (bicyclic) bond motifs is 6. The number of nitriles is 1. The third kappa shape index (κ3) is 4.15. The number of para-hydroxylation sites is 1. The molecular formula is C40H22N4O2. The van der Waals surface area contributed by atoms with E-state index in [0.717, 1.165) is 60.5 Å². The average molecular weight is 591 g/mol. The van der Waals surface area contributed by atoms with Crippen LogP contribution in [0.2, 0.25) is 0 Å². The van der Waals surface area contributed by atoms with Crippen LogP contribution in [0.5, 0.6) is 0 Å². The van der Waals surface area contributed by atoms with Gasteiger partial charge in [-0.05, 0) is 53.6 Å². The van der Waals surface area contributed by atoms with Crippen molar-refractivity contribution in [1.82, 2.24) is 15.0 Å². The van der Waals surface area contributed by atoms with Crippen LogP contribution < -0.4 is 0 Å². The van der Waals surface area contributed by atoms with Crippen LogP contribution in [-0.4, -0.2) is 15.0 Å². The lowest BCUT2D eigenvalue weighted by Crippen LogP contribution is -2.00. The van der Waals surface area contributed by atoms with E-state index >= 15 is 0 Å². The third-order valence-corrected chi connectivity index (χ3v) is 8.38. The number of rotatable bonds is 4. The Hall–Kier alpha value is -6.58. The monoisotopic (exact) mass is 590 g/mol. The maximum atomic E-state index is 9.43. The predicted molar refractivity (Wildman–Crippen MR) is 181 cm³/mol.